The third-order valence-electron chi connectivity index (χ3n) is 4.57. The zero-order valence-electron chi connectivity index (χ0n) is 12.5. The zero-order valence-corrected chi connectivity index (χ0v) is 13.4. The van der Waals surface area contributed by atoms with Crippen LogP contribution in [0.25, 0.3) is 0 Å². The molecule has 0 amide bonds. The molecule has 1 aromatic rings. The Labute approximate surface area is 121 Å². The fourth-order valence-electron chi connectivity index (χ4n) is 4.71. The van der Waals surface area contributed by atoms with Crippen molar-refractivity contribution in [2.24, 2.45) is 0 Å². The first-order valence-electron chi connectivity index (χ1n) is 7.22. The van der Waals surface area contributed by atoms with Crippen molar-refractivity contribution >= 4 is 13.2 Å². The van der Waals surface area contributed by atoms with Crippen molar-refractivity contribution in [3.63, 3.8) is 0 Å². The SMILES string of the molecule is C[C@@]12C[C@@]3(C)O[C@@](C)(O1)P(c1ccccc1)[C@@](C)(C2)O3. The maximum Gasteiger partial charge on any atom is 0.194 e. The minimum atomic E-state index is -0.695. The van der Waals surface area contributed by atoms with E-state index in [2.05, 4.69) is 52.0 Å². The lowest BCUT2D eigenvalue weighted by molar-refractivity contribution is -0.448. The van der Waals surface area contributed by atoms with Gasteiger partial charge in [0.15, 0.2) is 11.3 Å². The van der Waals surface area contributed by atoms with Gasteiger partial charge in [-0.25, -0.2) is 0 Å². The van der Waals surface area contributed by atoms with Crippen LogP contribution in [0, 0.1) is 0 Å². The normalized spacial score (nSPS) is 53.3. The maximum absolute atomic E-state index is 6.42. The minimum Gasteiger partial charge on any atom is -0.339 e. The molecular formula is C16H21O3P. The molecule has 4 fully saturated rings. The zero-order chi connectivity index (χ0) is 14.2. The smallest absolute Gasteiger partial charge is 0.194 e. The van der Waals surface area contributed by atoms with E-state index in [1.165, 1.54) is 5.30 Å². The quantitative estimate of drug-likeness (QED) is 0.741. The van der Waals surface area contributed by atoms with Gasteiger partial charge in [-0.1, -0.05) is 30.3 Å². The lowest BCUT2D eigenvalue weighted by Crippen LogP contribution is -2.72. The van der Waals surface area contributed by atoms with E-state index >= 15 is 0 Å². The van der Waals surface area contributed by atoms with E-state index in [4.69, 9.17) is 14.2 Å². The highest BCUT2D eigenvalue weighted by Gasteiger charge is 2.71. The number of benzene rings is 1. The lowest BCUT2D eigenvalue weighted by Gasteiger charge is -2.69. The van der Waals surface area contributed by atoms with Crippen molar-refractivity contribution in [2.75, 3.05) is 0 Å². The topological polar surface area (TPSA) is 27.7 Å². The summed E-state index contributed by atoms with van der Waals surface area (Å²) in [6.45, 7) is 8.59. The molecule has 0 radical (unpaired) electrons. The molecule has 4 saturated heterocycles. The van der Waals surface area contributed by atoms with Gasteiger partial charge in [0.2, 0.25) is 0 Å². The Balaban J connectivity index is 1.87. The van der Waals surface area contributed by atoms with E-state index < -0.39 is 19.2 Å². The predicted octanol–water partition coefficient (Wildman–Crippen LogP) is 3.53. The van der Waals surface area contributed by atoms with Crippen LogP contribution in [-0.4, -0.2) is 22.3 Å². The van der Waals surface area contributed by atoms with Crippen LogP contribution in [0.5, 0.6) is 0 Å². The van der Waals surface area contributed by atoms with Crippen LogP contribution in [0.3, 0.4) is 0 Å². The summed E-state index contributed by atoms with van der Waals surface area (Å²) in [5.41, 5.74) is -0.688. The fourth-order valence-corrected chi connectivity index (χ4v) is 8.43. The van der Waals surface area contributed by atoms with Gasteiger partial charge in [-0.15, -0.1) is 0 Å². The van der Waals surface area contributed by atoms with E-state index in [0.29, 0.717) is 0 Å². The molecule has 0 spiro atoms. The second-order valence-electron chi connectivity index (χ2n) is 6.99. The molecule has 108 valence electrons. The molecule has 4 bridgehead atoms. The fraction of sp³-hybridized carbons (Fsp3) is 0.625. The molecular weight excluding hydrogens is 271 g/mol. The van der Waals surface area contributed by atoms with Crippen LogP contribution in [0.2, 0.25) is 0 Å². The lowest BCUT2D eigenvalue weighted by atomic mass is 9.85. The van der Waals surface area contributed by atoms with Crippen LogP contribution in [0.15, 0.2) is 30.3 Å². The third-order valence-corrected chi connectivity index (χ3v) is 7.57. The maximum atomic E-state index is 6.42. The minimum absolute atomic E-state index is 0.137. The van der Waals surface area contributed by atoms with E-state index in [0.717, 1.165) is 12.8 Å². The number of rotatable bonds is 1. The Morgan fingerprint density at radius 1 is 0.900 bits per heavy atom. The van der Waals surface area contributed by atoms with Gasteiger partial charge in [-0.05, 0) is 33.0 Å². The summed E-state index contributed by atoms with van der Waals surface area (Å²) in [6, 6.07) is 10.6. The average Bonchev–Trinajstić information content (AvgIpc) is 2.22. The molecule has 3 nitrogen and oxygen atoms in total. The third kappa shape index (κ3) is 1.67. The highest BCUT2D eigenvalue weighted by Crippen LogP contribution is 2.75. The molecule has 4 heteroatoms. The van der Waals surface area contributed by atoms with Gasteiger partial charge in [0.25, 0.3) is 0 Å². The van der Waals surface area contributed by atoms with Crippen molar-refractivity contribution in [1.82, 2.24) is 0 Å². The van der Waals surface area contributed by atoms with E-state index in [1.54, 1.807) is 0 Å². The van der Waals surface area contributed by atoms with Crippen LogP contribution >= 0.6 is 7.92 Å². The van der Waals surface area contributed by atoms with Gasteiger partial charge in [-0.2, -0.15) is 0 Å². The van der Waals surface area contributed by atoms with Crippen molar-refractivity contribution in [3.05, 3.63) is 30.3 Å². The van der Waals surface area contributed by atoms with Gasteiger partial charge in [0.1, 0.15) is 0 Å². The van der Waals surface area contributed by atoms with Gasteiger partial charge < -0.3 is 14.2 Å². The summed E-state index contributed by atoms with van der Waals surface area (Å²) in [7, 11) is -0.695. The monoisotopic (exact) mass is 292 g/mol. The Morgan fingerprint density at radius 3 is 2.20 bits per heavy atom. The largest absolute Gasteiger partial charge is 0.339 e. The highest BCUT2D eigenvalue weighted by molar-refractivity contribution is 7.68. The van der Waals surface area contributed by atoms with Gasteiger partial charge in [-0.3, -0.25) is 0 Å². The van der Waals surface area contributed by atoms with E-state index in [9.17, 15) is 0 Å². The van der Waals surface area contributed by atoms with Crippen LogP contribution in [-0.2, 0) is 14.2 Å². The van der Waals surface area contributed by atoms with E-state index in [-0.39, 0.29) is 10.9 Å². The molecule has 4 aliphatic rings. The van der Waals surface area contributed by atoms with Gasteiger partial charge >= 0.3 is 0 Å². The van der Waals surface area contributed by atoms with Crippen LogP contribution < -0.4 is 5.30 Å². The van der Waals surface area contributed by atoms with Crippen LogP contribution in [0.1, 0.15) is 40.5 Å². The summed E-state index contributed by atoms with van der Waals surface area (Å²) in [5.74, 6) is -0.512. The first-order valence-corrected chi connectivity index (χ1v) is 8.56. The van der Waals surface area contributed by atoms with Crippen LogP contribution in [0.4, 0.5) is 0 Å². The summed E-state index contributed by atoms with van der Waals surface area (Å²) in [5, 5.41) is 1.11. The molecule has 20 heavy (non-hydrogen) atoms. The van der Waals surface area contributed by atoms with Gasteiger partial charge in [0, 0.05) is 20.8 Å². The summed E-state index contributed by atoms with van der Waals surface area (Å²) in [6.07, 6.45) is 1.75. The molecule has 0 N–H and O–H groups in total. The standard InChI is InChI=1S/C16H21O3P/c1-13-10-14(2)18-15(3,11-13)20(16(4,17-13)19-14)12-8-6-5-7-9-12/h5-9H,10-11H2,1-4H3/t13-,14+,15-,16+,20?/m0/s1. The Hall–Kier alpha value is -0.470. The first kappa shape index (κ1) is 13.2. The summed E-state index contributed by atoms with van der Waals surface area (Å²) < 4.78 is 19.1. The summed E-state index contributed by atoms with van der Waals surface area (Å²) >= 11 is 0. The second kappa shape index (κ2) is 3.64. The molecule has 0 saturated carbocycles. The molecule has 1 unspecified atom stereocenters. The molecule has 0 aromatic heterocycles. The second-order valence-corrected chi connectivity index (χ2v) is 9.93. The average molecular weight is 292 g/mol. The first-order chi connectivity index (χ1) is 9.26. The molecule has 5 rings (SSSR count). The Morgan fingerprint density at radius 2 is 1.60 bits per heavy atom. The summed E-state index contributed by atoms with van der Waals surface area (Å²) in [4.78, 5) is 0. The van der Waals surface area contributed by atoms with Crippen molar-refractivity contribution in [2.45, 2.75) is 62.8 Å². The molecule has 1 aromatic carbocycles. The van der Waals surface area contributed by atoms with E-state index in [1.807, 2.05) is 6.07 Å². The molecule has 4 aliphatic heterocycles. The van der Waals surface area contributed by atoms with Gasteiger partial charge in [0.05, 0.1) is 10.9 Å². The molecule has 4 heterocycles. The van der Waals surface area contributed by atoms with Crippen molar-refractivity contribution in [1.29, 1.82) is 0 Å². The van der Waals surface area contributed by atoms with Crippen molar-refractivity contribution in [3.8, 4) is 0 Å². The number of hydrogen-bond acceptors (Lipinski definition) is 3. The Kier molecular flexibility index (Phi) is 2.41. The number of hydrogen-bond donors (Lipinski definition) is 0. The highest BCUT2D eigenvalue weighted by atomic mass is 31.1. The Bertz CT molecular complexity index is 514. The van der Waals surface area contributed by atoms with Crippen molar-refractivity contribution < 1.29 is 14.2 Å². The predicted molar refractivity (Wildman–Crippen MR) is 79.1 cm³/mol. The number of ether oxygens (including phenoxy) is 3. The molecule has 0 aliphatic carbocycles. The molecule has 5 atom stereocenters.